The Labute approximate surface area is 153 Å². The Bertz CT molecular complexity index is 718. The molecule has 0 spiro atoms. The lowest BCUT2D eigenvalue weighted by atomic mass is 10.0. The Balaban J connectivity index is 1.44. The molecule has 0 unspecified atom stereocenters. The molecule has 1 aromatic carbocycles. The van der Waals surface area contributed by atoms with E-state index in [1.807, 2.05) is 52.8 Å². The Kier molecular flexibility index (Phi) is 5.11. The molecule has 0 bridgehead atoms. The van der Waals surface area contributed by atoms with Crippen LogP contribution in [0, 0.1) is 0 Å². The topological polar surface area (TPSA) is 46.9 Å². The third-order valence-corrected chi connectivity index (χ3v) is 6.37. The zero-order valence-electron chi connectivity index (χ0n) is 14.5. The van der Waals surface area contributed by atoms with Crippen LogP contribution < -0.4 is 5.32 Å². The number of thioether (sulfide) groups is 1. The Morgan fingerprint density at radius 2 is 1.88 bits per heavy atom. The van der Waals surface area contributed by atoms with Crippen LogP contribution in [0.25, 0.3) is 5.69 Å². The number of rotatable bonds is 6. The molecular weight excluding hydrogens is 330 g/mol. The summed E-state index contributed by atoms with van der Waals surface area (Å²) < 4.78 is 1.87. The van der Waals surface area contributed by atoms with Gasteiger partial charge in [0.25, 0.3) is 0 Å². The summed E-state index contributed by atoms with van der Waals surface area (Å²) in [5.74, 6) is 1.97. The standard InChI is InChI=1S/C20H25N3OS/c24-20(14-25-17-9-5-2-6-10-17)21-19-13-18(15-11-12-15)22-23(19)16-7-3-1-4-8-16/h1,3-4,7-8,13,15,17H,2,5-6,9-12,14H2,(H,21,24). The predicted molar refractivity (Wildman–Crippen MR) is 103 cm³/mol. The maximum absolute atomic E-state index is 12.5. The van der Waals surface area contributed by atoms with Crippen LogP contribution in [0.1, 0.15) is 56.6 Å². The van der Waals surface area contributed by atoms with Crippen molar-refractivity contribution in [2.75, 3.05) is 11.1 Å². The first kappa shape index (κ1) is 16.7. The number of carbonyl (C=O) groups is 1. The first-order valence-electron chi connectivity index (χ1n) is 9.36. The molecule has 0 radical (unpaired) electrons. The number of nitrogens with one attached hydrogen (secondary N) is 1. The molecule has 0 atom stereocenters. The van der Waals surface area contributed by atoms with Gasteiger partial charge in [-0.25, -0.2) is 4.68 Å². The van der Waals surface area contributed by atoms with Gasteiger partial charge < -0.3 is 5.32 Å². The summed E-state index contributed by atoms with van der Waals surface area (Å²) in [6.45, 7) is 0. The van der Waals surface area contributed by atoms with E-state index in [-0.39, 0.29) is 5.91 Å². The summed E-state index contributed by atoms with van der Waals surface area (Å²) in [5, 5.41) is 8.49. The molecule has 1 N–H and O–H groups in total. The highest BCUT2D eigenvalue weighted by molar-refractivity contribution is 8.00. The SMILES string of the molecule is O=C(CSC1CCCCC1)Nc1cc(C2CC2)nn1-c1ccccc1. The van der Waals surface area contributed by atoms with E-state index >= 15 is 0 Å². The van der Waals surface area contributed by atoms with Crippen molar-refractivity contribution in [1.29, 1.82) is 0 Å². The van der Waals surface area contributed by atoms with Gasteiger partial charge in [0, 0.05) is 17.2 Å². The van der Waals surface area contributed by atoms with E-state index in [0.29, 0.717) is 16.9 Å². The lowest BCUT2D eigenvalue weighted by Gasteiger charge is -2.20. The fourth-order valence-electron chi connectivity index (χ4n) is 3.44. The zero-order chi connectivity index (χ0) is 17.1. The van der Waals surface area contributed by atoms with Crippen molar-refractivity contribution in [3.8, 4) is 5.69 Å². The number of amides is 1. The number of carbonyl (C=O) groups excluding carboxylic acids is 1. The van der Waals surface area contributed by atoms with Crippen LogP contribution in [-0.2, 0) is 4.79 Å². The Morgan fingerprint density at radius 1 is 1.12 bits per heavy atom. The Hall–Kier alpha value is -1.75. The summed E-state index contributed by atoms with van der Waals surface area (Å²) in [5.41, 5.74) is 2.09. The average molecular weight is 356 g/mol. The highest BCUT2D eigenvalue weighted by Crippen LogP contribution is 2.40. The van der Waals surface area contributed by atoms with Crippen LogP contribution in [0.15, 0.2) is 36.4 Å². The molecule has 2 fully saturated rings. The van der Waals surface area contributed by atoms with E-state index in [1.165, 1.54) is 44.9 Å². The van der Waals surface area contributed by atoms with E-state index in [4.69, 9.17) is 5.10 Å². The van der Waals surface area contributed by atoms with E-state index in [1.54, 1.807) is 0 Å². The van der Waals surface area contributed by atoms with Crippen molar-refractivity contribution in [3.05, 3.63) is 42.1 Å². The molecule has 2 aromatic rings. The lowest BCUT2D eigenvalue weighted by molar-refractivity contribution is -0.113. The van der Waals surface area contributed by atoms with Gasteiger partial charge in [-0.15, -0.1) is 11.8 Å². The summed E-state index contributed by atoms with van der Waals surface area (Å²) in [6.07, 6.45) is 8.89. The maximum atomic E-state index is 12.5. The molecule has 4 rings (SSSR count). The summed E-state index contributed by atoms with van der Waals surface area (Å²) in [7, 11) is 0. The van der Waals surface area contributed by atoms with Gasteiger partial charge in [0.2, 0.25) is 5.91 Å². The minimum atomic E-state index is 0.0787. The van der Waals surface area contributed by atoms with Crippen molar-refractivity contribution in [3.63, 3.8) is 0 Å². The first-order chi connectivity index (χ1) is 12.3. The second kappa shape index (κ2) is 7.65. The van der Waals surface area contributed by atoms with Crippen molar-refractivity contribution in [1.82, 2.24) is 9.78 Å². The smallest absolute Gasteiger partial charge is 0.235 e. The highest BCUT2D eigenvalue weighted by atomic mass is 32.2. The molecule has 0 saturated heterocycles. The minimum Gasteiger partial charge on any atom is -0.310 e. The van der Waals surface area contributed by atoms with Crippen molar-refractivity contribution in [2.45, 2.75) is 56.1 Å². The molecule has 2 aliphatic rings. The number of para-hydroxylation sites is 1. The summed E-state index contributed by atoms with van der Waals surface area (Å²) >= 11 is 1.81. The van der Waals surface area contributed by atoms with E-state index in [0.717, 1.165) is 17.2 Å². The zero-order valence-corrected chi connectivity index (χ0v) is 15.3. The van der Waals surface area contributed by atoms with Crippen LogP contribution >= 0.6 is 11.8 Å². The second-order valence-corrected chi connectivity index (χ2v) is 8.38. The summed E-state index contributed by atoms with van der Waals surface area (Å²) in [6, 6.07) is 12.1. The molecule has 4 nitrogen and oxygen atoms in total. The third-order valence-electron chi connectivity index (χ3n) is 4.99. The lowest BCUT2D eigenvalue weighted by Crippen LogP contribution is -2.19. The van der Waals surface area contributed by atoms with Crippen LogP contribution in [0.4, 0.5) is 5.82 Å². The Morgan fingerprint density at radius 3 is 2.60 bits per heavy atom. The second-order valence-electron chi connectivity index (χ2n) is 7.10. The van der Waals surface area contributed by atoms with Gasteiger partial charge in [-0.05, 0) is 37.8 Å². The molecular formula is C20H25N3OS. The molecule has 132 valence electrons. The van der Waals surface area contributed by atoms with E-state index in [9.17, 15) is 4.79 Å². The van der Waals surface area contributed by atoms with Gasteiger partial charge >= 0.3 is 0 Å². The van der Waals surface area contributed by atoms with Gasteiger partial charge in [0.05, 0.1) is 17.1 Å². The van der Waals surface area contributed by atoms with Crippen LogP contribution in [0.3, 0.4) is 0 Å². The fraction of sp³-hybridized carbons (Fsp3) is 0.500. The molecule has 5 heteroatoms. The monoisotopic (exact) mass is 355 g/mol. The van der Waals surface area contributed by atoms with Gasteiger partial charge in [0.1, 0.15) is 5.82 Å². The van der Waals surface area contributed by atoms with Crippen molar-refractivity contribution < 1.29 is 4.79 Å². The van der Waals surface area contributed by atoms with Crippen molar-refractivity contribution >= 4 is 23.5 Å². The number of hydrogen-bond acceptors (Lipinski definition) is 3. The normalized spacial score (nSPS) is 18.2. The number of benzene rings is 1. The molecule has 0 aliphatic heterocycles. The largest absolute Gasteiger partial charge is 0.310 e. The predicted octanol–water partition coefficient (Wildman–Crippen LogP) is 4.75. The molecule has 25 heavy (non-hydrogen) atoms. The summed E-state index contributed by atoms with van der Waals surface area (Å²) in [4.78, 5) is 12.5. The minimum absolute atomic E-state index is 0.0787. The van der Waals surface area contributed by atoms with Gasteiger partial charge in [-0.3, -0.25) is 4.79 Å². The maximum Gasteiger partial charge on any atom is 0.235 e. The average Bonchev–Trinajstić information content (AvgIpc) is 3.43. The number of aromatic nitrogens is 2. The molecule has 2 saturated carbocycles. The van der Waals surface area contributed by atoms with E-state index < -0.39 is 0 Å². The third kappa shape index (κ3) is 4.27. The number of anilines is 1. The highest BCUT2D eigenvalue weighted by Gasteiger charge is 2.28. The van der Waals surface area contributed by atoms with Crippen molar-refractivity contribution in [2.24, 2.45) is 0 Å². The molecule has 1 heterocycles. The number of nitrogens with zero attached hydrogens (tertiary/aromatic N) is 2. The molecule has 2 aliphatic carbocycles. The quantitative estimate of drug-likeness (QED) is 0.813. The van der Waals surface area contributed by atoms with Gasteiger partial charge in [-0.2, -0.15) is 5.10 Å². The van der Waals surface area contributed by atoms with Crippen LogP contribution in [0.2, 0.25) is 0 Å². The number of hydrogen-bond donors (Lipinski definition) is 1. The van der Waals surface area contributed by atoms with Gasteiger partial charge in [0.15, 0.2) is 0 Å². The van der Waals surface area contributed by atoms with Gasteiger partial charge in [-0.1, -0.05) is 37.5 Å². The first-order valence-corrected chi connectivity index (χ1v) is 10.4. The van der Waals surface area contributed by atoms with Crippen LogP contribution in [-0.4, -0.2) is 26.7 Å². The van der Waals surface area contributed by atoms with E-state index in [2.05, 4.69) is 5.32 Å². The molecule has 1 amide bonds. The molecule has 1 aromatic heterocycles. The van der Waals surface area contributed by atoms with Crippen LogP contribution in [0.5, 0.6) is 0 Å². The fourth-order valence-corrected chi connectivity index (χ4v) is 4.56.